The highest BCUT2D eigenvalue weighted by Crippen LogP contribution is 2.44. The molecule has 10 heteroatoms. The van der Waals surface area contributed by atoms with Crippen molar-refractivity contribution in [2.75, 3.05) is 42.2 Å². The number of halogens is 1. The molecule has 0 bridgehead atoms. The van der Waals surface area contributed by atoms with Gasteiger partial charge in [-0.1, -0.05) is 0 Å². The number of nitrogens with zero attached hydrogens (tertiary/aromatic N) is 8. The van der Waals surface area contributed by atoms with E-state index in [4.69, 9.17) is 5.73 Å². The van der Waals surface area contributed by atoms with E-state index in [1.54, 1.807) is 28.8 Å². The molecule has 180 valence electrons. The van der Waals surface area contributed by atoms with E-state index in [1.165, 1.54) is 0 Å². The van der Waals surface area contributed by atoms with Crippen LogP contribution in [0.3, 0.4) is 0 Å². The Morgan fingerprint density at radius 2 is 1.85 bits per heavy atom. The van der Waals surface area contributed by atoms with E-state index in [0.717, 1.165) is 43.9 Å². The predicted octanol–water partition coefficient (Wildman–Crippen LogP) is 3.43. The minimum atomic E-state index is -0.233. The molecule has 34 heavy (non-hydrogen) atoms. The molecule has 9 nitrogen and oxygen atoms in total. The Bertz CT molecular complexity index is 1200. The number of nitrogens with two attached hydrogens (primary N) is 1. The summed E-state index contributed by atoms with van der Waals surface area (Å²) in [7, 11) is 4.01. The van der Waals surface area contributed by atoms with Crippen molar-refractivity contribution in [2.45, 2.75) is 45.6 Å². The van der Waals surface area contributed by atoms with Crippen LogP contribution in [-0.2, 0) is 7.05 Å². The number of likely N-dealkylation sites (N-methyl/N-ethyl adjacent to an activating group) is 1. The van der Waals surface area contributed by atoms with Gasteiger partial charge in [-0.25, -0.2) is 19.3 Å². The number of nitrogen functional groups attached to an aromatic ring is 1. The number of aryl methyl sites for hydroxylation is 3. The molecule has 1 saturated heterocycles. The largest absolute Gasteiger partial charge is 0.382 e. The summed E-state index contributed by atoms with van der Waals surface area (Å²) in [5.41, 5.74) is 9.30. The van der Waals surface area contributed by atoms with Gasteiger partial charge in [-0.05, 0) is 58.2 Å². The molecule has 1 atom stereocenters. The Morgan fingerprint density at radius 1 is 1.09 bits per heavy atom. The van der Waals surface area contributed by atoms with Crippen LogP contribution in [0.5, 0.6) is 0 Å². The van der Waals surface area contributed by atoms with Gasteiger partial charge in [-0.2, -0.15) is 10.1 Å². The van der Waals surface area contributed by atoms with E-state index in [1.807, 2.05) is 20.0 Å². The van der Waals surface area contributed by atoms with Gasteiger partial charge in [0.1, 0.15) is 11.6 Å². The maximum absolute atomic E-state index is 14.8. The van der Waals surface area contributed by atoms with E-state index in [9.17, 15) is 4.39 Å². The quantitative estimate of drug-likeness (QED) is 0.613. The van der Waals surface area contributed by atoms with Gasteiger partial charge in [-0.15, -0.1) is 0 Å². The zero-order valence-electron chi connectivity index (χ0n) is 20.5. The van der Waals surface area contributed by atoms with Crippen LogP contribution < -0.4 is 15.5 Å². The first-order valence-corrected chi connectivity index (χ1v) is 11.8. The summed E-state index contributed by atoms with van der Waals surface area (Å²) in [6.07, 6.45) is 3.75. The molecule has 2 fully saturated rings. The van der Waals surface area contributed by atoms with E-state index >= 15 is 0 Å². The Morgan fingerprint density at radius 3 is 2.47 bits per heavy atom. The molecule has 4 heterocycles. The molecule has 2 aliphatic rings. The van der Waals surface area contributed by atoms with E-state index < -0.39 is 0 Å². The number of piperazine rings is 1. The summed E-state index contributed by atoms with van der Waals surface area (Å²) < 4.78 is 16.6. The van der Waals surface area contributed by atoms with Crippen molar-refractivity contribution >= 4 is 29.1 Å². The molecular weight excluding hydrogens is 433 g/mol. The van der Waals surface area contributed by atoms with Crippen LogP contribution in [0.25, 0.3) is 0 Å². The van der Waals surface area contributed by atoms with Crippen molar-refractivity contribution in [3.05, 3.63) is 41.1 Å². The van der Waals surface area contributed by atoms with Crippen molar-refractivity contribution in [1.82, 2.24) is 29.6 Å². The topological polar surface area (TPSA) is 92.2 Å². The van der Waals surface area contributed by atoms with E-state index in [0.29, 0.717) is 40.7 Å². The average molecular weight is 466 g/mol. The molecule has 2 N–H and O–H groups in total. The zero-order valence-corrected chi connectivity index (χ0v) is 20.5. The minimum absolute atomic E-state index is 0.233. The lowest BCUT2D eigenvalue weighted by Crippen LogP contribution is -2.50. The average Bonchev–Trinajstić information content (AvgIpc) is 3.58. The van der Waals surface area contributed by atoms with Gasteiger partial charge < -0.3 is 15.5 Å². The monoisotopic (exact) mass is 465 g/mol. The lowest BCUT2D eigenvalue weighted by atomic mass is 10.1. The summed E-state index contributed by atoms with van der Waals surface area (Å²) in [5, 5.41) is 4.64. The standard InChI is InChI=1S/C24H32FN9/c1-14-10-21(30-32(14)5)34(20-11-18(17-6-7-17)22(25)16(3)28-20)24-27-12-19(23(26)29-24)33-9-8-31(4)15(2)13-33/h10-12,15,17H,6-9,13H2,1-5H3,(H2,26,27,29)/t15-/m1/s1. The Hall–Kier alpha value is -3.27. The van der Waals surface area contributed by atoms with Gasteiger partial charge >= 0.3 is 0 Å². The van der Waals surface area contributed by atoms with E-state index in [-0.39, 0.29) is 11.7 Å². The number of hydrogen-bond acceptors (Lipinski definition) is 8. The fourth-order valence-corrected chi connectivity index (χ4v) is 4.44. The SMILES string of the molecule is Cc1nc(N(c2cc(C)n(C)n2)c2ncc(N3CCN(C)[C@H](C)C3)c(N)n2)cc(C2CC2)c1F. The molecule has 0 spiro atoms. The Kier molecular flexibility index (Phi) is 5.63. The van der Waals surface area contributed by atoms with Crippen LogP contribution in [0, 0.1) is 19.7 Å². The third-order valence-corrected chi connectivity index (χ3v) is 7.00. The maximum atomic E-state index is 14.8. The normalized spacial score (nSPS) is 19.0. The molecular formula is C24H32FN9. The second-order valence-electron chi connectivity index (χ2n) is 9.56. The summed E-state index contributed by atoms with van der Waals surface area (Å²) in [6.45, 7) is 8.53. The van der Waals surface area contributed by atoms with Crippen molar-refractivity contribution in [3.8, 4) is 0 Å². The van der Waals surface area contributed by atoms with Crippen LogP contribution in [-0.4, -0.2) is 62.4 Å². The second kappa shape index (κ2) is 8.50. The summed E-state index contributed by atoms with van der Waals surface area (Å²) in [5.74, 6) is 1.92. The molecule has 3 aromatic heterocycles. The minimum Gasteiger partial charge on any atom is -0.382 e. The summed E-state index contributed by atoms with van der Waals surface area (Å²) >= 11 is 0. The molecule has 0 unspecified atom stereocenters. The molecule has 3 aromatic rings. The van der Waals surface area contributed by atoms with Crippen LogP contribution >= 0.6 is 0 Å². The fourth-order valence-electron chi connectivity index (χ4n) is 4.44. The van der Waals surface area contributed by atoms with Gasteiger partial charge in [0.2, 0.25) is 5.95 Å². The number of rotatable bonds is 5. The zero-order chi connectivity index (χ0) is 24.1. The Labute approximate surface area is 199 Å². The Balaban J connectivity index is 1.57. The lowest BCUT2D eigenvalue weighted by Gasteiger charge is -2.39. The van der Waals surface area contributed by atoms with Crippen molar-refractivity contribution in [3.63, 3.8) is 0 Å². The lowest BCUT2D eigenvalue weighted by molar-refractivity contribution is 0.234. The van der Waals surface area contributed by atoms with Gasteiger partial charge in [0.25, 0.3) is 0 Å². The second-order valence-corrected chi connectivity index (χ2v) is 9.56. The van der Waals surface area contributed by atoms with Crippen molar-refractivity contribution in [1.29, 1.82) is 0 Å². The van der Waals surface area contributed by atoms with E-state index in [2.05, 4.69) is 43.8 Å². The summed E-state index contributed by atoms with van der Waals surface area (Å²) in [4.78, 5) is 20.2. The van der Waals surface area contributed by atoms with Crippen LogP contribution in [0.2, 0.25) is 0 Å². The molecule has 1 aliphatic carbocycles. The molecule has 0 radical (unpaired) electrons. The van der Waals surface area contributed by atoms with Crippen LogP contribution in [0.1, 0.15) is 42.6 Å². The van der Waals surface area contributed by atoms with Crippen LogP contribution in [0.15, 0.2) is 18.3 Å². The number of aromatic nitrogens is 5. The smallest absolute Gasteiger partial charge is 0.239 e. The van der Waals surface area contributed by atoms with Gasteiger partial charge in [0.05, 0.1) is 17.6 Å². The van der Waals surface area contributed by atoms with Gasteiger partial charge in [-0.3, -0.25) is 4.68 Å². The first kappa shape index (κ1) is 22.5. The number of hydrogen-bond donors (Lipinski definition) is 1. The van der Waals surface area contributed by atoms with Gasteiger partial charge in [0, 0.05) is 44.5 Å². The summed E-state index contributed by atoms with van der Waals surface area (Å²) in [6, 6.07) is 4.15. The highest BCUT2D eigenvalue weighted by Gasteiger charge is 2.31. The van der Waals surface area contributed by atoms with Crippen molar-refractivity contribution < 1.29 is 4.39 Å². The maximum Gasteiger partial charge on any atom is 0.239 e. The molecule has 5 rings (SSSR count). The third-order valence-electron chi connectivity index (χ3n) is 7.00. The van der Waals surface area contributed by atoms with Crippen LogP contribution in [0.4, 0.5) is 33.5 Å². The molecule has 0 aromatic carbocycles. The molecule has 0 amide bonds. The van der Waals surface area contributed by atoms with Crippen molar-refractivity contribution in [2.24, 2.45) is 7.05 Å². The number of anilines is 5. The molecule has 1 aliphatic heterocycles. The third kappa shape index (κ3) is 4.06. The first-order chi connectivity index (χ1) is 16.2. The predicted molar refractivity (Wildman–Crippen MR) is 131 cm³/mol. The van der Waals surface area contributed by atoms with Gasteiger partial charge in [0.15, 0.2) is 11.6 Å². The fraction of sp³-hybridized carbons (Fsp3) is 0.500. The molecule has 1 saturated carbocycles. The number of pyridine rings is 1. The first-order valence-electron chi connectivity index (χ1n) is 11.8. The highest BCUT2D eigenvalue weighted by molar-refractivity contribution is 5.72. The highest BCUT2D eigenvalue weighted by atomic mass is 19.1.